The van der Waals surface area contributed by atoms with E-state index in [-0.39, 0.29) is 0 Å². The van der Waals surface area contributed by atoms with Crippen LogP contribution in [0, 0.1) is 0 Å². The van der Waals surface area contributed by atoms with Gasteiger partial charge in [-0.15, -0.1) is 6.58 Å². The number of thiocarbonyl (C=S) groups is 1. The monoisotopic (exact) mass is 434 g/mol. The molecule has 2 N–H and O–H groups in total. The van der Waals surface area contributed by atoms with Gasteiger partial charge < -0.3 is 14.8 Å². The van der Waals surface area contributed by atoms with Gasteiger partial charge in [0.2, 0.25) is 0 Å². The van der Waals surface area contributed by atoms with Crippen molar-refractivity contribution in [1.29, 1.82) is 0 Å². The fourth-order valence-corrected chi connectivity index (χ4v) is 2.67. The van der Waals surface area contributed by atoms with E-state index in [1.807, 2.05) is 24.3 Å². The van der Waals surface area contributed by atoms with Gasteiger partial charge in [0, 0.05) is 18.9 Å². The molecule has 1 heterocycles. The molecule has 1 aromatic carbocycles. The van der Waals surface area contributed by atoms with Crippen molar-refractivity contribution >= 4 is 39.5 Å². The molecule has 1 aromatic heterocycles. The highest BCUT2D eigenvalue weighted by molar-refractivity contribution is 9.10. The van der Waals surface area contributed by atoms with Crippen molar-refractivity contribution in [2.24, 2.45) is 5.10 Å². The van der Waals surface area contributed by atoms with Gasteiger partial charge in [0.1, 0.15) is 6.61 Å². The molecule has 8 heteroatoms. The van der Waals surface area contributed by atoms with Crippen molar-refractivity contribution < 1.29 is 9.47 Å². The molecule has 0 fully saturated rings. The van der Waals surface area contributed by atoms with E-state index in [0.717, 1.165) is 15.6 Å². The molecule has 0 radical (unpaired) electrons. The molecular weight excluding hydrogens is 416 g/mol. The van der Waals surface area contributed by atoms with Crippen LogP contribution in [-0.4, -0.2) is 30.0 Å². The minimum atomic E-state index is 0.412. The number of methoxy groups -OCH3 is 1. The molecule has 0 aliphatic heterocycles. The zero-order valence-corrected chi connectivity index (χ0v) is 16.6. The van der Waals surface area contributed by atoms with Crippen LogP contribution in [0.2, 0.25) is 0 Å². The van der Waals surface area contributed by atoms with Crippen LogP contribution in [-0.2, 0) is 6.61 Å². The lowest BCUT2D eigenvalue weighted by Gasteiger charge is -2.13. The molecule has 0 unspecified atom stereocenters. The van der Waals surface area contributed by atoms with Crippen LogP contribution in [0.3, 0.4) is 0 Å². The second-order valence-electron chi connectivity index (χ2n) is 5.05. The largest absolute Gasteiger partial charge is 0.493 e. The summed E-state index contributed by atoms with van der Waals surface area (Å²) >= 11 is 8.59. The number of pyridine rings is 1. The van der Waals surface area contributed by atoms with Crippen molar-refractivity contribution in [3.8, 4) is 11.5 Å². The molecule has 0 spiro atoms. The molecule has 136 valence electrons. The molecule has 2 aromatic rings. The topological polar surface area (TPSA) is 67.8 Å². The summed E-state index contributed by atoms with van der Waals surface area (Å²) < 4.78 is 12.1. The van der Waals surface area contributed by atoms with Crippen molar-refractivity contribution in [2.75, 3.05) is 13.7 Å². The molecule has 2 rings (SSSR count). The van der Waals surface area contributed by atoms with E-state index in [2.05, 4.69) is 43.3 Å². The first-order valence-electron chi connectivity index (χ1n) is 7.71. The average molecular weight is 435 g/mol. The first-order valence-corrected chi connectivity index (χ1v) is 8.91. The number of nitrogens with one attached hydrogen (secondary N) is 2. The third kappa shape index (κ3) is 6.12. The molecule has 26 heavy (non-hydrogen) atoms. The number of rotatable bonds is 8. The van der Waals surface area contributed by atoms with Crippen LogP contribution in [0.1, 0.15) is 11.1 Å². The van der Waals surface area contributed by atoms with E-state index < -0.39 is 0 Å². The first kappa shape index (κ1) is 19.9. The van der Waals surface area contributed by atoms with E-state index in [0.29, 0.717) is 29.8 Å². The summed E-state index contributed by atoms with van der Waals surface area (Å²) in [4.78, 5) is 3.99. The van der Waals surface area contributed by atoms with Crippen LogP contribution in [0.4, 0.5) is 0 Å². The zero-order valence-electron chi connectivity index (χ0n) is 14.2. The number of nitrogens with zero attached hydrogens (tertiary/aromatic N) is 2. The highest BCUT2D eigenvalue weighted by Crippen LogP contribution is 2.36. The number of ether oxygens (including phenoxy) is 2. The molecule has 0 amide bonds. The molecule has 6 nitrogen and oxygen atoms in total. The third-order valence-corrected chi connectivity index (χ3v) is 4.00. The van der Waals surface area contributed by atoms with Gasteiger partial charge in [-0.1, -0.05) is 6.08 Å². The van der Waals surface area contributed by atoms with Gasteiger partial charge in [-0.2, -0.15) is 5.10 Å². The molecule has 0 atom stereocenters. The van der Waals surface area contributed by atoms with Gasteiger partial charge >= 0.3 is 0 Å². The highest BCUT2D eigenvalue weighted by atomic mass is 79.9. The molecule has 0 saturated heterocycles. The maximum atomic E-state index is 5.89. The number of halogens is 1. The standard InChI is InChI=1S/C18H19BrN4O2S/c1-3-6-21-18(26)23-22-11-14-9-15(19)17(16(10-14)24-2)25-12-13-4-7-20-8-5-13/h3-5,7-11H,1,6,12H2,2H3,(H2,21,23,26)/b22-11-. The summed E-state index contributed by atoms with van der Waals surface area (Å²) in [5.74, 6) is 1.22. The first-order chi connectivity index (χ1) is 12.6. The lowest BCUT2D eigenvalue weighted by atomic mass is 10.2. The molecular formula is C18H19BrN4O2S. The van der Waals surface area contributed by atoms with Crippen LogP contribution in [0.5, 0.6) is 11.5 Å². The van der Waals surface area contributed by atoms with Crippen molar-refractivity contribution in [1.82, 2.24) is 15.7 Å². The van der Waals surface area contributed by atoms with E-state index in [1.165, 1.54) is 0 Å². The summed E-state index contributed by atoms with van der Waals surface area (Å²) in [5, 5.41) is 7.44. The van der Waals surface area contributed by atoms with E-state index in [9.17, 15) is 0 Å². The highest BCUT2D eigenvalue weighted by Gasteiger charge is 2.11. The Hall–Kier alpha value is -2.45. The minimum Gasteiger partial charge on any atom is -0.493 e. The summed E-state index contributed by atoms with van der Waals surface area (Å²) in [6, 6.07) is 7.51. The Balaban J connectivity index is 2.05. The van der Waals surface area contributed by atoms with E-state index in [4.69, 9.17) is 21.7 Å². The van der Waals surface area contributed by atoms with Crippen molar-refractivity contribution in [3.63, 3.8) is 0 Å². The summed E-state index contributed by atoms with van der Waals surface area (Å²) in [6.07, 6.45) is 6.81. The smallest absolute Gasteiger partial charge is 0.187 e. The predicted octanol–water partition coefficient (Wildman–Crippen LogP) is 3.42. The van der Waals surface area contributed by atoms with Gasteiger partial charge in [-0.25, -0.2) is 0 Å². The van der Waals surface area contributed by atoms with Crippen LogP contribution < -0.4 is 20.2 Å². The average Bonchev–Trinajstić information content (AvgIpc) is 2.66. The van der Waals surface area contributed by atoms with Crippen LogP contribution in [0.15, 0.2) is 58.9 Å². The van der Waals surface area contributed by atoms with Gasteiger partial charge in [0.05, 0.1) is 17.8 Å². The van der Waals surface area contributed by atoms with Gasteiger partial charge in [0.15, 0.2) is 16.6 Å². The Labute approximate surface area is 166 Å². The lowest BCUT2D eigenvalue weighted by Crippen LogP contribution is -2.31. The zero-order chi connectivity index (χ0) is 18.8. The van der Waals surface area contributed by atoms with Crippen molar-refractivity contribution in [3.05, 3.63) is 64.9 Å². The van der Waals surface area contributed by atoms with E-state index in [1.54, 1.807) is 31.8 Å². The van der Waals surface area contributed by atoms with Gasteiger partial charge in [-0.05, 0) is 63.5 Å². The maximum Gasteiger partial charge on any atom is 0.187 e. The summed E-state index contributed by atoms with van der Waals surface area (Å²) in [7, 11) is 1.59. The normalized spacial score (nSPS) is 10.4. The van der Waals surface area contributed by atoms with Crippen molar-refractivity contribution in [2.45, 2.75) is 6.61 Å². The number of hydrazone groups is 1. The number of aromatic nitrogens is 1. The van der Waals surface area contributed by atoms with Crippen LogP contribution >= 0.6 is 28.1 Å². The SMILES string of the molecule is C=CCNC(=S)N/N=C\c1cc(Br)c(OCc2ccncc2)c(OC)c1. The molecule has 0 saturated carbocycles. The fourth-order valence-electron chi connectivity index (χ4n) is 1.96. The quantitative estimate of drug-likeness (QED) is 0.287. The Morgan fingerprint density at radius 3 is 2.85 bits per heavy atom. The Bertz CT molecular complexity index is 784. The molecule has 0 bridgehead atoms. The predicted molar refractivity (Wildman–Crippen MR) is 111 cm³/mol. The Kier molecular flexibility index (Phi) is 8.04. The Morgan fingerprint density at radius 1 is 1.38 bits per heavy atom. The number of benzene rings is 1. The second kappa shape index (κ2) is 10.5. The van der Waals surface area contributed by atoms with Gasteiger partial charge in [0.25, 0.3) is 0 Å². The number of hydrogen-bond donors (Lipinski definition) is 2. The minimum absolute atomic E-state index is 0.412. The van der Waals surface area contributed by atoms with Gasteiger partial charge in [-0.3, -0.25) is 10.4 Å². The number of hydrogen-bond acceptors (Lipinski definition) is 5. The third-order valence-electron chi connectivity index (χ3n) is 3.17. The Morgan fingerprint density at radius 2 is 2.15 bits per heavy atom. The van der Waals surface area contributed by atoms with Crippen LogP contribution in [0.25, 0.3) is 0 Å². The fraction of sp³-hybridized carbons (Fsp3) is 0.167. The molecule has 0 aliphatic carbocycles. The second-order valence-corrected chi connectivity index (χ2v) is 6.31. The van der Waals surface area contributed by atoms with E-state index >= 15 is 0 Å². The maximum absolute atomic E-state index is 5.89. The lowest BCUT2D eigenvalue weighted by molar-refractivity contribution is 0.282. The summed E-state index contributed by atoms with van der Waals surface area (Å²) in [5.41, 5.74) is 4.57. The molecule has 0 aliphatic rings. The summed E-state index contributed by atoms with van der Waals surface area (Å²) in [6.45, 7) is 4.60.